The van der Waals surface area contributed by atoms with Crippen LogP contribution in [0.4, 0.5) is 4.79 Å². The Morgan fingerprint density at radius 1 is 1.40 bits per heavy atom. The summed E-state index contributed by atoms with van der Waals surface area (Å²) in [6.45, 7) is 0. The van der Waals surface area contributed by atoms with Gasteiger partial charge in [-0.25, -0.2) is 4.79 Å². The number of ether oxygens (including phenoxy) is 1. The van der Waals surface area contributed by atoms with E-state index in [1.54, 1.807) is 0 Å². The first kappa shape index (κ1) is 10.1. The number of hydrogen-bond acceptors (Lipinski definition) is 2. The summed E-state index contributed by atoms with van der Waals surface area (Å²) in [4.78, 5) is 10.8. The van der Waals surface area contributed by atoms with Gasteiger partial charge in [0.1, 0.15) is 0 Å². The van der Waals surface area contributed by atoms with E-state index >= 15 is 0 Å². The lowest BCUT2D eigenvalue weighted by Gasteiger charge is -2.20. The van der Waals surface area contributed by atoms with Crippen LogP contribution in [-0.2, 0) is 17.6 Å². The van der Waals surface area contributed by atoms with Crippen LogP contribution in [0.5, 0.6) is 0 Å². The Morgan fingerprint density at radius 2 is 1.93 bits per heavy atom. The molecule has 0 bridgehead atoms. The molecule has 1 aliphatic rings. The summed E-state index contributed by atoms with van der Waals surface area (Å²) in [5.41, 5.74) is 0.505. The summed E-state index contributed by atoms with van der Waals surface area (Å²) in [6, 6.07) is 7.84. The molecule has 0 fully saturated rings. The first-order valence-corrected chi connectivity index (χ1v) is 4.96. The molecule has 2 nitrogen and oxygen atoms in total. The molecule has 0 aliphatic heterocycles. The van der Waals surface area contributed by atoms with Crippen LogP contribution in [0.15, 0.2) is 24.3 Å². The van der Waals surface area contributed by atoms with Crippen molar-refractivity contribution < 1.29 is 9.53 Å². The van der Waals surface area contributed by atoms with Crippen LogP contribution in [0, 0.1) is 12.3 Å². The van der Waals surface area contributed by atoms with Gasteiger partial charge in [0.2, 0.25) is 0 Å². The maximum Gasteiger partial charge on any atom is 0.405 e. The fraction of sp³-hybridized carbons (Fsp3) is 0.250. The van der Waals surface area contributed by atoms with E-state index in [1.165, 1.54) is 0 Å². The molecule has 0 atom stereocenters. The predicted molar refractivity (Wildman–Crippen MR) is 57.7 cm³/mol. The molecule has 1 aliphatic carbocycles. The molecule has 3 heteroatoms. The Bertz CT molecular complexity index is 420. The van der Waals surface area contributed by atoms with Crippen molar-refractivity contribution in [3.63, 3.8) is 0 Å². The van der Waals surface area contributed by atoms with Crippen LogP contribution in [0.3, 0.4) is 0 Å². The third-order valence-corrected chi connectivity index (χ3v) is 2.69. The van der Waals surface area contributed by atoms with Crippen molar-refractivity contribution in [3.8, 4) is 12.3 Å². The van der Waals surface area contributed by atoms with E-state index in [0.29, 0.717) is 12.8 Å². The fourth-order valence-corrected chi connectivity index (χ4v) is 2.09. The number of carbonyl (C=O) groups is 1. The number of benzene rings is 1. The summed E-state index contributed by atoms with van der Waals surface area (Å²) < 4.78 is 5.02. The topological polar surface area (TPSA) is 26.3 Å². The van der Waals surface area contributed by atoms with Gasteiger partial charge in [0, 0.05) is 24.4 Å². The first-order chi connectivity index (χ1) is 7.15. The van der Waals surface area contributed by atoms with Crippen molar-refractivity contribution in [1.82, 2.24) is 0 Å². The lowest BCUT2D eigenvalue weighted by molar-refractivity contribution is 0.0812. The minimum atomic E-state index is -0.886. The zero-order valence-electron chi connectivity index (χ0n) is 8.00. The van der Waals surface area contributed by atoms with E-state index in [4.69, 9.17) is 22.8 Å². The van der Waals surface area contributed by atoms with Crippen LogP contribution in [0.25, 0.3) is 0 Å². The molecule has 0 amide bonds. The van der Waals surface area contributed by atoms with Gasteiger partial charge in [0.05, 0.1) is 0 Å². The molecule has 0 N–H and O–H groups in total. The van der Waals surface area contributed by atoms with Crippen molar-refractivity contribution in [2.75, 3.05) is 0 Å². The lowest BCUT2D eigenvalue weighted by atomic mass is 10.0. The van der Waals surface area contributed by atoms with Crippen LogP contribution >= 0.6 is 11.6 Å². The van der Waals surface area contributed by atoms with Gasteiger partial charge in [-0.1, -0.05) is 30.2 Å². The molecule has 0 unspecified atom stereocenters. The van der Waals surface area contributed by atoms with Gasteiger partial charge < -0.3 is 4.74 Å². The van der Waals surface area contributed by atoms with E-state index in [-0.39, 0.29) is 0 Å². The van der Waals surface area contributed by atoms with Gasteiger partial charge in [-0.15, -0.1) is 6.42 Å². The zero-order chi connectivity index (χ0) is 10.9. The van der Waals surface area contributed by atoms with Gasteiger partial charge >= 0.3 is 5.43 Å². The largest absolute Gasteiger partial charge is 0.433 e. The molecule has 0 spiro atoms. The Labute approximate surface area is 93.2 Å². The van der Waals surface area contributed by atoms with Gasteiger partial charge in [-0.3, -0.25) is 0 Å². The number of halogens is 1. The number of terminal acetylenes is 1. The number of rotatable bonds is 1. The van der Waals surface area contributed by atoms with Gasteiger partial charge in [0.25, 0.3) is 0 Å². The summed E-state index contributed by atoms with van der Waals surface area (Å²) >= 11 is 5.21. The molecule has 1 aromatic carbocycles. The van der Waals surface area contributed by atoms with Crippen molar-refractivity contribution in [1.29, 1.82) is 0 Å². The first-order valence-electron chi connectivity index (χ1n) is 4.58. The van der Waals surface area contributed by atoms with E-state index in [2.05, 4.69) is 5.92 Å². The average Bonchev–Trinajstić information content (AvgIpc) is 2.55. The number of fused-ring (bicyclic) bond motifs is 1. The standard InChI is InChI=1S/C12H9ClO2/c1-2-12(15-11(13)14)7-9-5-3-4-6-10(9)8-12/h1,3-6H,7-8H2. The van der Waals surface area contributed by atoms with Crippen LogP contribution < -0.4 is 0 Å². The lowest BCUT2D eigenvalue weighted by Crippen LogP contribution is -2.32. The Morgan fingerprint density at radius 3 is 2.33 bits per heavy atom. The highest BCUT2D eigenvalue weighted by Crippen LogP contribution is 2.32. The molecule has 0 saturated carbocycles. The van der Waals surface area contributed by atoms with E-state index < -0.39 is 11.0 Å². The second kappa shape index (κ2) is 3.60. The second-order valence-corrected chi connectivity index (χ2v) is 3.91. The Kier molecular flexibility index (Phi) is 2.42. The van der Waals surface area contributed by atoms with Crippen molar-refractivity contribution in [2.45, 2.75) is 18.4 Å². The maximum atomic E-state index is 10.8. The number of hydrogen-bond donors (Lipinski definition) is 0. The average molecular weight is 221 g/mol. The number of carbonyl (C=O) groups excluding carboxylic acids is 1. The maximum absolute atomic E-state index is 10.8. The smallest absolute Gasteiger partial charge is 0.405 e. The second-order valence-electron chi connectivity index (χ2n) is 3.60. The SMILES string of the molecule is C#CC1(OC(=O)Cl)Cc2ccccc2C1. The Balaban J connectivity index is 2.30. The van der Waals surface area contributed by atoms with Gasteiger partial charge in [-0.2, -0.15) is 0 Å². The monoisotopic (exact) mass is 220 g/mol. The fourth-order valence-electron chi connectivity index (χ4n) is 1.94. The van der Waals surface area contributed by atoms with E-state index in [9.17, 15) is 4.79 Å². The van der Waals surface area contributed by atoms with Crippen molar-refractivity contribution >= 4 is 17.0 Å². The molecule has 0 aromatic heterocycles. The summed E-state index contributed by atoms with van der Waals surface area (Å²) in [7, 11) is 0. The van der Waals surface area contributed by atoms with Crippen LogP contribution in [-0.4, -0.2) is 11.0 Å². The third kappa shape index (κ3) is 1.84. The summed E-state index contributed by atoms with van der Waals surface area (Å²) in [5, 5.41) is 0. The zero-order valence-corrected chi connectivity index (χ0v) is 8.75. The predicted octanol–water partition coefficient (Wildman–Crippen LogP) is 2.53. The normalized spacial score (nSPS) is 16.5. The highest BCUT2D eigenvalue weighted by atomic mass is 35.5. The molecule has 0 radical (unpaired) electrons. The van der Waals surface area contributed by atoms with Gasteiger partial charge in [0.15, 0.2) is 5.60 Å². The van der Waals surface area contributed by atoms with Crippen molar-refractivity contribution in [3.05, 3.63) is 35.4 Å². The van der Waals surface area contributed by atoms with Crippen LogP contribution in [0.1, 0.15) is 11.1 Å². The summed E-state index contributed by atoms with van der Waals surface area (Å²) in [6.07, 6.45) is 6.49. The third-order valence-electron chi connectivity index (χ3n) is 2.61. The molecule has 2 rings (SSSR count). The molecular weight excluding hydrogens is 212 g/mol. The molecule has 76 valence electrons. The Hall–Kier alpha value is -1.46. The summed E-state index contributed by atoms with van der Waals surface area (Å²) in [5.74, 6) is 2.53. The minimum Gasteiger partial charge on any atom is -0.433 e. The van der Waals surface area contributed by atoms with Crippen molar-refractivity contribution in [2.24, 2.45) is 0 Å². The van der Waals surface area contributed by atoms with Crippen LogP contribution in [0.2, 0.25) is 0 Å². The minimum absolute atomic E-state index is 0.540. The molecule has 15 heavy (non-hydrogen) atoms. The molecule has 0 saturated heterocycles. The molecular formula is C12H9ClO2. The van der Waals surface area contributed by atoms with E-state index in [1.807, 2.05) is 24.3 Å². The molecule has 0 heterocycles. The molecule has 1 aromatic rings. The van der Waals surface area contributed by atoms with Gasteiger partial charge in [-0.05, 0) is 11.1 Å². The quantitative estimate of drug-likeness (QED) is 0.537. The van der Waals surface area contributed by atoms with E-state index in [0.717, 1.165) is 11.1 Å². The highest BCUT2D eigenvalue weighted by Gasteiger charge is 2.38. The highest BCUT2D eigenvalue weighted by molar-refractivity contribution is 6.61.